The van der Waals surface area contributed by atoms with E-state index in [4.69, 9.17) is 11.6 Å². The van der Waals surface area contributed by atoms with Gasteiger partial charge in [-0.3, -0.25) is 4.79 Å². The number of carbonyl (C=O) groups excluding carboxylic acids is 1. The zero-order chi connectivity index (χ0) is 16.9. The highest BCUT2D eigenvalue weighted by molar-refractivity contribution is 6.31. The number of hydrogen-bond donors (Lipinski definition) is 3. The van der Waals surface area contributed by atoms with Gasteiger partial charge in [0.25, 0.3) is 0 Å². The van der Waals surface area contributed by atoms with Gasteiger partial charge < -0.3 is 15.4 Å². The van der Waals surface area contributed by atoms with Crippen molar-refractivity contribution in [3.63, 3.8) is 0 Å². The van der Waals surface area contributed by atoms with Gasteiger partial charge in [0.05, 0.1) is 12.5 Å². The molecule has 5 heteroatoms. The van der Waals surface area contributed by atoms with Crippen molar-refractivity contribution < 1.29 is 9.90 Å². The van der Waals surface area contributed by atoms with Crippen LogP contribution in [0.2, 0.25) is 5.02 Å². The molecule has 3 N–H and O–H groups in total. The van der Waals surface area contributed by atoms with Crippen molar-refractivity contribution in [2.24, 2.45) is 0 Å². The van der Waals surface area contributed by atoms with Crippen molar-refractivity contribution in [1.29, 1.82) is 0 Å². The molecule has 3 aromatic rings. The predicted molar refractivity (Wildman–Crippen MR) is 96.0 cm³/mol. The van der Waals surface area contributed by atoms with Crippen LogP contribution in [0.15, 0.2) is 54.7 Å². The van der Waals surface area contributed by atoms with Gasteiger partial charge in [0.1, 0.15) is 0 Å². The van der Waals surface area contributed by atoms with Gasteiger partial charge in [-0.25, -0.2) is 0 Å². The molecule has 0 aliphatic carbocycles. The summed E-state index contributed by atoms with van der Waals surface area (Å²) in [4.78, 5) is 15.2. The van der Waals surface area contributed by atoms with Gasteiger partial charge in [-0.05, 0) is 29.7 Å². The Hall–Kier alpha value is -2.30. The Kier molecular flexibility index (Phi) is 5.18. The third-order valence-electron chi connectivity index (χ3n) is 4.01. The van der Waals surface area contributed by atoms with Crippen LogP contribution in [0.5, 0.6) is 0 Å². The highest BCUT2D eigenvalue weighted by Crippen LogP contribution is 2.22. The fourth-order valence-corrected chi connectivity index (χ4v) is 2.91. The molecular formula is C19H19ClN2O2. The fraction of sp³-hybridized carbons (Fsp3) is 0.211. The molecule has 4 nitrogen and oxygen atoms in total. The van der Waals surface area contributed by atoms with E-state index in [1.165, 1.54) is 0 Å². The van der Waals surface area contributed by atoms with Crippen molar-refractivity contribution in [2.45, 2.75) is 18.9 Å². The van der Waals surface area contributed by atoms with Crippen LogP contribution in [-0.4, -0.2) is 22.5 Å². The Morgan fingerprint density at radius 1 is 1.21 bits per heavy atom. The molecular weight excluding hydrogens is 324 g/mol. The summed E-state index contributed by atoms with van der Waals surface area (Å²) >= 11 is 5.97. The van der Waals surface area contributed by atoms with Crippen molar-refractivity contribution >= 4 is 28.4 Å². The van der Waals surface area contributed by atoms with Gasteiger partial charge in [0, 0.05) is 28.7 Å². The van der Waals surface area contributed by atoms with Gasteiger partial charge in [-0.2, -0.15) is 0 Å². The van der Waals surface area contributed by atoms with Crippen molar-refractivity contribution in [3.8, 4) is 0 Å². The van der Waals surface area contributed by atoms with Crippen LogP contribution >= 0.6 is 11.6 Å². The van der Waals surface area contributed by atoms with E-state index in [9.17, 15) is 9.90 Å². The lowest BCUT2D eigenvalue weighted by Gasteiger charge is -2.11. The topological polar surface area (TPSA) is 65.1 Å². The van der Waals surface area contributed by atoms with Crippen LogP contribution in [0.4, 0.5) is 0 Å². The molecule has 0 saturated heterocycles. The number of hydrogen-bond acceptors (Lipinski definition) is 2. The number of nitrogens with one attached hydrogen (secondary N) is 2. The molecule has 0 bridgehead atoms. The molecule has 0 fully saturated rings. The minimum atomic E-state index is -0.776. The van der Waals surface area contributed by atoms with E-state index in [2.05, 4.69) is 10.3 Å². The molecule has 1 atom stereocenters. The van der Waals surface area contributed by atoms with Crippen LogP contribution in [0.25, 0.3) is 10.9 Å². The Balaban J connectivity index is 1.51. The standard InChI is InChI=1S/C19H19ClN2O2/c20-15-6-7-16-14(12-22-17(16)10-15)8-9-21-19(24)11-18(23)13-4-2-1-3-5-13/h1-7,10,12,18,22-23H,8-9,11H2,(H,21,24). The SMILES string of the molecule is O=C(CC(O)c1ccccc1)NCCc1c[nH]c2cc(Cl)ccc12. The summed E-state index contributed by atoms with van der Waals surface area (Å²) in [5, 5.41) is 14.7. The van der Waals surface area contributed by atoms with E-state index in [1.807, 2.05) is 54.7 Å². The summed E-state index contributed by atoms with van der Waals surface area (Å²) in [6.45, 7) is 0.524. The Labute approximate surface area is 145 Å². The van der Waals surface area contributed by atoms with Gasteiger partial charge in [-0.1, -0.05) is 48.0 Å². The lowest BCUT2D eigenvalue weighted by atomic mass is 10.1. The first kappa shape index (κ1) is 16.6. The van der Waals surface area contributed by atoms with E-state index >= 15 is 0 Å². The number of aliphatic hydroxyl groups excluding tert-OH is 1. The quantitative estimate of drug-likeness (QED) is 0.640. The maximum Gasteiger partial charge on any atom is 0.222 e. The number of amides is 1. The van der Waals surface area contributed by atoms with E-state index in [-0.39, 0.29) is 12.3 Å². The number of benzene rings is 2. The highest BCUT2D eigenvalue weighted by atomic mass is 35.5. The molecule has 1 unspecified atom stereocenters. The minimum absolute atomic E-state index is 0.0630. The third kappa shape index (κ3) is 3.96. The van der Waals surface area contributed by atoms with Crippen molar-refractivity contribution in [2.75, 3.05) is 6.54 Å². The van der Waals surface area contributed by atoms with E-state index < -0.39 is 6.10 Å². The molecule has 1 aromatic heterocycles. The largest absolute Gasteiger partial charge is 0.388 e. The average Bonchev–Trinajstić information content (AvgIpc) is 2.97. The second kappa shape index (κ2) is 7.51. The molecule has 0 radical (unpaired) electrons. The first-order chi connectivity index (χ1) is 11.6. The lowest BCUT2D eigenvalue weighted by molar-refractivity contribution is -0.123. The maximum atomic E-state index is 12.0. The summed E-state index contributed by atoms with van der Waals surface area (Å²) in [6, 6.07) is 14.9. The number of carbonyl (C=O) groups is 1. The number of rotatable bonds is 6. The number of H-pyrrole nitrogens is 1. The van der Waals surface area contributed by atoms with Gasteiger partial charge in [0.15, 0.2) is 0 Å². The molecule has 0 aliphatic heterocycles. The summed E-state index contributed by atoms with van der Waals surface area (Å²) < 4.78 is 0. The van der Waals surface area contributed by atoms with E-state index in [0.717, 1.165) is 28.5 Å². The summed E-state index contributed by atoms with van der Waals surface area (Å²) in [7, 11) is 0. The average molecular weight is 343 g/mol. The van der Waals surface area contributed by atoms with E-state index in [0.29, 0.717) is 11.6 Å². The molecule has 24 heavy (non-hydrogen) atoms. The van der Waals surface area contributed by atoms with Gasteiger partial charge >= 0.3 is 0 Å². The normalized spacial score (nSPS) is 12.2. The smallest absolute Gasteiger partial charge is 0.222 e. The molecule has 0 saturated carbocycles. The van der Waals surface area contributed by atoms with Crippen LogP contribution in [0.3, 0.4) is 0 Å². The third-order valence-corrected chi connectivity index (χ3v) is 4.24. The van der Waals surface area contributed by atoms with Crippen LogP contribution in [0.1, 0.15) is 23.7 Å². The monoisotopic (exact) mass is 342 g/mol. The second-order valence-electron chi connectivity index (χ2n) is 5.73. The Morgan fingerprint density at radius 3 is 2.79 bits per heavy atom. The van der Waals surface area contributed by atoms with Crippen LogP contribution < -0.4 is 5.32 Å². The number of fused-ring (bicyclic) bond motifs is 1. The molecule has 1 amide bonds. The molecule has 3 rings (SSSR count). The van der Waals surface area contributed by atoms with Crippen molar-refractivity contribution in [3.05, 3.63) is 70.9 Å². The number of aliphatic hydroxyl groups is 1. The van der Waals surface area contributed by atoms with E-state index in [1.54, 1.807) is 0 Å². The first-order valence-electron chi connectivity index (χ1n) is 7.88. The number of halogens is 1. The zero-order valence-corrected chi connectivity index (χ0v) is 13.9. The van der Waals surface area contributed by atoms with Crippen LogP contribution in [-0.2, 0) is 11.2 Å². The van der Waals surface area contributed by atoms with Gasteiger partial charge in [-0.15, -0.1) is 0 Å². The Bertz CT molecular complexity index is 830. The number of aromatic amines is 1. The fourth-order valence-electron chi connectivity index (χ4n) is 2.74. The Morgan fingerprint density at radius 2 is 2.00 bits per heavy atom. The summed E-state index contributed by atoms with van der Waals surface area (Å²) in [6.07, 6.45) is 1.94. The number of aromatic nitrogens is 1. The first-order valence-corrected chi connectivity index (χ1v) is 8.26. The van der Waals surface area contributed by atoms with Crippen LogP contribution in [0, 0.1) is 0 Å². The summed E-state index contributed by atoms with van der Waals surface area (Å²) in [5.41, 5.74) is 2.87. The maximum absolute atomic E-state index is 12.0. The van der Waals surface area contributed by atoms with Gasteiger partial charge in [0.2, 0.25) is 5.91 Å². The van der Waals surface area contributed by atoms with Crippen molar-refractivity contribution in [1.82, 2.24) is 10.3 Å². The zero-order valence-electron chi connectivity index (χ0n) is 13.1. The minimum Gasteiger partial charge on any atom is -0.388 e. The molecule has 0 spiro atoms. The molecule has 0 aliphatic rings. The lowest BCUT2D eigenvalue weighted by Crippen LogP contribution is -2.27. The second-order valence-corrected chi connectivity index (χ2v) is 6.17. The predicted octanol–water partition coefficient (Wildman–Crippen LogP) is 3.60. The summed E-state index contributed by atoms with van der Waals surface area (Å²) in [5.74, 6) is -0.158. The highest BCUT2D eigenvalue weighted by Gasteiger charge is 2.12. The molecule has 1 heterocycles. The molecule has 2 aromatic carbocycles. The molecule has 124 valence electrons.